The number of nitrogens with one attached hydrogen (secondary N) is 2. The number of rotatable bonds is 9. The Bertz CT molecular complexity index is 511. The maximum absolute atomic E-state index is 11.7. The van der Waals surface area contributed by atoms with Crippen molar-refractivity contribution in [3.63, 3.8) is 0 Å². The molecule has 0 spiro atoms. The van der Waals surface area contributed by atoms with Crippen LogP contribution in [0.25, 0.3) is 0 Å². The van der Waals surface area contributed by atoms with Crippen molar-refractivity contribution in [2.45, 2.75) is 39.0 Å². The molecule has 0 heterocycles. The fourth-order valence-electron chi connectivity index (χ4n) is 1.83. The molecular formula is C16H22N2O4. The number of carboxylic acids is 1. The summed E-state index contributed by atoms with van der Waals surface area (Å²) in [5, 5.41) is 14.0. The van der Waals surface area contributed by atoms with Crippen LogP contribution >= 0.6 is 0 Å². The van der Waals surface area contributed by atoms with Crippen molar-refractivity contribution >= 4 is 23.5 Å². The van der Waals surface area contributed by atoms with E-state index in [0.29, 0.717) is 30.6 Å². The molecule has 0 aliphatic rings. The topological polar surface area (TPSA) is 95.5 Å². The minimum absolute atomic E-state index is 0.0782. The first-order valence-electron chi connectivity index (χ1n) is 7.43. The van der Waals surface area contributed by atoms with E-state index in [0.717, 1.165) is 6.42 Å². The van der Waals surface area contributed by atoms with Crippen LogP contribution in [0.3, 0.4) is 0 Å². The molecule has 1 aromatic rings. The number of carbonyl (C=O) groups is 3. The van der Waals surface area contributed by atoms with Gasteiger partial charge in [-0.05, 0) is 43.5 Å². The number of carbonyl (C=O) groups excluding carboxylic acids is 2. The Kier molecular flexibility index (Phi) is 7.67. The molecular weight excluding hydrogens is 284 g/mol. The van der Waals surface area contributed by atoms with Gasteiger partial charge in [0.25, 0.3) is 5.91 Å². The van der Waals surface area contributed by atoms with E-state index in [9.17, 15) is 14.4 Å². The van der Waals surface area contributed by atoms with E-state index in [-0.39, 0.29) is 24.7 Å². The van der Waals surface area contributed by atoms with Gasteiger partial charge in [0.15, 0.2) is 0 Å². The van der Waals surface area contributed by atoms with Crippen LogP contribution in [0.4, 0.5) is 5.69 Å². The Hall–Kier alpha value is -2.37. The Labute approximate surface area is 129 Å². The van der Waals surface area contributed by atoms with Gasteiger partial charge in [-0.1, -0.05) is 6.92 Å². The first-order chi connectivity index (χ1) is 10.5. The molecule has 1 rings (SSSR count). The van der Waals surface area contributed by atoms with Crippen molar-refractivity contribution in [2.75, 3.05) is 11.9 Å². The highest BCUT2D eigenvalue weighted by atomic mass is 16.4. The highest BCUT2D eigenvalue weighted by Gasteiger charge is 2.06. The molecule has 6 heteroatoms. The van der Waals surface area contributed by atoms with Gasteiger partial charge in [0.2, 0.25) is 5.91 Å². The molecule has 3 N–H and O–H groups in total. The first-order valence-corrected chi connectivity index (χ1v) is 7.43. The van der Waals surface area contributed by atoms with E-state index >= 15 is 0 Å². The number of hydrogen-bond donors (Lipinski definition) is 3. The van der Waals surface area contributed by atoms with E-state index < -0.39 is 5.97 Å². The van der Waals surface area contributed by atoms with Crippen molar-refractivity contribution in [2.24, 2.45) is 0 Å². The fourth-order valence-corrected chi connectivity index (χ4v) is 1.83. The summed E-state index contributed by atoms with van der Waals surface area (Å²) in [5.74, 6) is -1.14. The third kappa shape index (κ3) is 6.88. The number of amides is 2. The number of carboxylic acid groups (broad SMARTS) is 1. The lowest BCUT2D eigenvalue weighted by Crippen LogP contribution is -2.23. The molecule has 22 heavy (non-hydrogen) atoms. The lowest BCUT2D eigenvalue weighted by atomic mass is 10.1. The number of anilines is 1. The van der Waals surface area contributed by atoms with Gasteiger partial charge < -0.3 is 15.7 Å². The predicted octanol–water partition coefficient (Wildman–Crippen LogP) is 2.41. The zero-order chi connectivity index (χ0) is 16.4. The fraction of sp³-hybridized carbons (Fsp3) is 0.438. The van der Waals surface area contributed by atoms with Gasteiger partial charge in [0.05, 0.1) is 0 Å². The van der Waals surface area contributed by atoms with E-state index in [4.69, 9.17) is 5.11 Å². The normalized spacial score (nSPS) is 10.0. The molecule has 0 radical (unpaired) electrons. The van der Waals surface area contributed by atoms with Gasteiger partial charge in [-0.2, -0.15) is 0 Å². The Morgan fingerprint density at radius 3 is 2.27 bits per heavy atom. The molecule has 0 atom stereocenters. The second-order valence-electron chi connectivity index (χ2n) is 4.98. The largest absolute Gasteiger partial charge is 0.481 e. The van der Waals surface area contributed by atoms with Gasteiger partial charge in [-0.15, -0.1) is 0 Å². The molecule has 0 fully saturated rings. The second-order valence-corrected chi connectivity index (χ2v) is 4.98. The average Bonchev–Trinajstić information content (AvgIpc) is 2.49. The summed E-state index contributed by atoms with van der Waals surface area (Å²) < 4.78 is 0. The summed E-state index contributed by atoms with van der Waals surface area (Å²) in [7, 11) is 0. The van der Waals surface area contributed by atoms with E-state index in [2.05, 4.69) is 10.6 Å². The predicted molar refractivity (Wildman–Crippen MR) is 83.8 cm³/mol. The van der Waals surface area contributed by atoms with Crippen LogP contribution in [-0.4, -0.2) is 29.4 Å². The highest BCUT2D eigenvalue weighted by Crippen LogP contribution is 2.11. The molecule has 0 aliphatic heterocycles. The number of unbranched alkanes of at least 4 members (excludes halogenated alkanes) is 1. The van der Waals surface area contributed by atoms with E-state index in [1.54, 1.807) is 24.3 Å². The van der Waals surface area contributed by atoms with Gasteiger partial charge >= 0.3 is 5.97 Å². The Morgan fingerprint density at radius 1 is 1.05 bits per heavy atom. The van der Waals surface area contributed by atoms with Gasteiger partial charge in [-0.3, -0.25) is 14.4 Å². The molecule has 0 unspecified atom stereocenters. The monoisotopic (exact) mass is 306 g/mol. The van der Waals surface area contributed by atoms with Crippen LogP contribution in [-0.2, 0) is 9.59 Å². The molecule has 0 saturated carbocycles. The van der Waals surface area contributed by atoms with Gasteiger partial charge in [0.1, 0.15) is 0 Å². The van der Waals surface area contributed by atoms with Gasteiger partial charge in [-0.25, -0.2) is 0 Å². The van der Waals surface area contributed by atoms with Gasteiger partial charge in [0, 0.05) is 30.6 Å². The first kappa shape index (κ1) is 17.7. The molecule has 6 nitrogen and oxygen atoms in total. The highest BCUT2D eigenvalue weighted by molar-refractivity contribution is 5.95. The van der Waals surface area contributed by atoms with Crippen LogP contribution in [0.5, 0.6) is 0 Å². The number of hydrogen-bond acceptors (Lipinski definition) is 3. The zero-order valence-electron chi connectivity index (χ0n) is 12.7. The molecule has 120 valence electrons. The minimum Gasteiger partial charge on any atom is -0.481 e. The molecule has 0 aromatic heterocycles. The van der Waals surface area contributed by atoms with Crippen LogP contribution < -0.4 is 10.6 Å². The SMILES string of the molecule is CCCNC(=O)c1ccc(NC(=O)CCCCC(=O)O)cc1. The molecule has 2 amide bonds. The van der Waals surface area contributed by atoms with Crippen molar-refractivity contribution in [1.82, 2.24) is 5.32 Å². The maximum Gasteiger partial charge on any atom is 0.303 e. The van der Waals surface area contributed by atoms with Crippen molar-refractivity contribution < 1.29 is 19.5 Å². The van der Waals surface area contributed by atoms with Crippen LogP contribution in [0.2, 0.25) is 0 Å². The molecule has 0 aliphatic carbocycles. The van der Waals surface area contributed by atoms with Crippen molar-refractivity contribution in [3.05, 3.63) is 29.8 Å². The minimum atomic E-state index is -0.850. The van der Waals surface area contributed by atoms with Crippen molar-refractivity contribution in [1.29, 1.82) is 0 Å². The smallest absolute Gasteiger partial charge is 0.303 e. The van der Waals surface area contributed by atoms with Crippen molar-refractivity contribution in [3.8, 4) is 0 Å². The number of aliphatic carboxylic acids is 1. The third-order valence-corrected chi connectivity index (χ3v) is 3.01. The molecule has 0 saturated heterocycles. The molecule has 0 bridgehead atoms. The summed E-state index contributed by atoms with van der Waals surface area (Å²) in [5.41, 5.74) is 1.17. The quantitative estimate of drug-likeness (QED) is 0.610. The molecule has 1 aromatic carbocycles. The maximum atomic E-state index is 11.7. The Morgan fingerprint density at radius 2 is 1.68 bits per heavy atom. The second kappa shape index (κ2) is 9.55. The zero-order valence-corrected chi connectivity index (χ0v) is 12.7. The summed E-state index contributed by atoms with van der Waals surface area (Å²) in [6.45, 7) is 2.61. The van der Waals surface area contributed by atoms with Crippen LogP contribution in [0.1, 0.15) is 49.4 Å². The summed E-state index contributed by atoms with van der Waals surface area (Å²) in [6.07, 6.45) is 2.26. The van der Waals surface area contributed by atoms with E-state index in [1.165, 1.54) is 0 Å². The van der Waals surface area contributed by atoms with E-state index in [1.807, 2.05) is 6.92 Å². The lowest BCUT2D eigenvalue weighted by Gasteiger charge is -2.07. The number of benzene rings is 1. The standard InChI is InChI=1S/C16H22N2O4/c1-2-11-17-16(22)12-7-9-13(10-8-12)18-14(19)5-3-4-6-15(20)21/h7-10H,2-6,11H2,1H3,(H,17,22)(H,18,19)(H,20,21). The summed E-state index contributed by atoms with van der Waals surface area (Å²) in [4.78, 5) is 33.8. The average molecular weight is 306 g/mol. The Balaban J connectivity index is 2.38. The lowest BCUT2D eigenvalue weighted by molar-refractivity contribution is -0.137. The summed E-state index contributed by atoms with van der Waals surface area (Å²) >= 11 is 0. The summed E-state index contributed by atoms with van der Waals surface area (Å²) in [6, 6.07) is 6.67. The third-order valence-electron chi connectivity index (χ3n) is 3.01. The van der Waals surface area contributed by atoms with Crippen LogP contribution in [0, 0.1) is 0 Å². The van der Waals surface area contributed by atoms with Crippen LogP contribution in [0.15, 0.2) is 24.3 Å².